The van der Waals surface area contributed by atoms with Crippen molar-refractivity contribution in [2.45, 2.75) is 13.3 Å². The molecule has 1 N–H and O–H groups in total. The van der Waals surface area contributed by atoms with E-state index in [1.165, 1.54) is 18.1 Å². The van der Waals surface area contributed by atoms with Gasteiger partial charge in [0.25, 0.3) is 0 Å². The second-order valence-corrected chi connectivity index (χ2v) is 2.89. The molecule has 0 bridgehead atoms. The van der Waals surface area contributed by atoms with Gasteiger partial charge in [0, 0.05) is 6.92 Å². The predicted molar refractivity (Wildman–Crippen MR) is 66.2 cm³/mol. The molecule has 0 unspecified atom stereocenters. The highest BCUT2D eigenvalue weighted by atomic mass is 16.7. The van der Waals surface area contributed by atoms with Gasteiger partial charge in [-0.3, -0.25) is 9.59 Å². The molecule has 5 heteroatoms. The lowest BCUT2D eigenvalue weighted by atomic mass is 10.4. The largest absolute Gasteiger partial charge is 0.481 e. The van der Waals surface area contributed by atoms with Crippen LogP contribution in [0.1, 0.15) is 13.3 Å². The Bertz CT molecular complexity index is 264. The Morgan fingerprint density at radius 2 is 1.65 bits per heavy atom. The molecule has 0 amide bonds. The quantitative estimate of drug-likeness (QED) is 0.543. The number of carboxylic acids is 1. The Balaban J connectivity index is 0. The van der Waals surface area contributed by atoms with E-state index in [-0.39, 0.29) is 12.4 Å². The van der Waals surface area contributed by atoms with Crippen LogP contribution in [0.4, 0.5) is 0 Å². The molecule has 0 heterocycles. The summed E-state index contributed by atoms with van der Waals surface area (Å²) in [5, 5.41) is 9.32. The van der Waals surface area contributed by atoms with E-state index in [1.54, 1.807) is 12.2 Å². The van der Waals surface area contributed by atoms with Gasteiger partial charge < -0.3 is 9.94 Å². The third-order valence-corrected chi connectivity index (χ3v) is 1.24. The van der Waals surface area contributed by atoms with E-state index in [2.05, 4.69) is 19.7 Å². The molecule has 0 aliphatic heterocycles. The molecule has 0 aliphatic rings. The van der Waals surface area contributed by atoms with Crippen molar-refractivity contribution in [3.63, 3.8) is 0 Å². The second-order valence-electron chi connectivity index (χ2n) is 2.89. The number of hydroxylamine groups is 2. The van der Waals surface area contributed by atoms with E-state index in [0.29, 0.717) is 13.1 Å². The van der Waals surface area contributed by atoms with Crippen molar-refractivity contribution >= 4 is 11.9 Å². The van der Waals surface area contributed by atoms with E-state index in [0.717, 1.165) is 0 Å². The fraction of sp³-hybridized carbons (Fsp3) is 0.333. The number of hydrogen-bond acceptors (Lipinski definition) is 4. The Kier molecular flexibility index (Phi) is 12.6. The van der Waals surface area contributed by atoms with Crippen LogP contribution in [0.3, 0.4) is 0 Å². The summed E-state index contributed by atoms with van der Waals surface area (Å²) < 4.78 is 0. The fourth-order valence-electron chi connectivity index (χ4n) is 0.742. The molecule has 0 aromatic rings. The third-order valence-electron chi connectivity index (χ3n) is 1.24. The molecule has 0 spiro atoms. The van der Waals surface area contributed by atoms with Crippen LogP contribution in [0.2, 0.25) is 0 Å². The molecule has 96 valence electrons. The summed E-state index contributed by atoms with van der Waals surface area (Å²) >= 11 is 0. The van der Waals surface area contributed by atoms with Gasteiger partial charge in [-0.2, -0.15) is 0 Å². The third kappa shape index (κ3) is 16.8. The maximum absolute atomic E-state index is 10.5. The van der Waals surface area contributed by atoms with E-state index in [4.69, 9.17) is 9.94 Å². The number of nitrogens with zero attached hydrogens (tertiary/aromatic N) is 1. The minimum Gasteiger partial charge on any atom is -0.481 e. The van der Waals surface area contributed by atoms with Crippen molar-refractivity contribution in [1.82, 2.24) is 5.06 Å². The number of carbonyl (C=O) groups excluding carboxylic acids is 1. The number of carbonyl (C=O) groups is 2. The first-order valence-electron chi connectivity index (χ1n) is 4.95. The first-order chi connectivity index (χ1) is 7.97. The van der Waals surface area contributed by atoms with Crippen LogP contribution in [0.15, 0.2) is 38.0 Å². The monoisotopic (exact) mass is 241 g/mol. The molecule has 0 saturated carbocycles. The summed E-state index contributed by atoms with van der Waals surface area (Å²) in [6.45, 7) is 12.7. The average Bonchev–Trinajstić information content (AvgIpc) is 2.18. The zero-order valence-corrected chi connectivity index (χ0v) is 10.1. The molecule has 0 atom stereocenters. The zero-order chi connectivity index (χ0) is 13.7. The van der Waals surface area contributed by atoms with Gasteiger partial charge in [0.1, 0.15) is 0 Å². The van der Waals surface area contributed by atoms with Crippen molar-refractivity contribution in [3.05, 3.63) is 38.0 Å². The van der Waals surface area contributed by atoms with Crippen molar-refractivity contribution in [1.29, 1.82) is 0 Å². The molecule has 5 nitrogen and oxygen atoms in total. The molecule has 0 saturated heterocycles. The van der Waals surface area contributed by atoms with E-state index >= 15 is 0 Å². The van der Waals surface area contributed by atoms with E-state index < -0.39 is 5.97 Å². The molecule has 17 heavy (non-hydrogen) atoms. The Morgan fingerprint density at radius 1 is 1.18 bits per heavy atom. The maximum atomic E-state index is 10.5. The van der Waals surface area contributed by atoms with Crippen LogP contribution >= 0.6 is 0 Å². The molecule has 0 rings (SSSR count). The molecular weight excluding hydrogens is 222 g/mol. The summed E-state index contributed by atoms with van der Waals surface area (Å²) in [6.07, 6.45) is 4.72. The van der Waals surface area contributed by atoms with Gasteiger partial charge in [-0.1, -0.05) is 18.2 Å². The maximum Gasteiger partial charge on any atom is 0.322 e. The molecule has 0 aromatic heterocycles. The van der Waals surface area contributed by atoms with Crippen molar-refractivity contribution in [3.8, 4) is 0 Å². The van der Waals surface area contributed by atoms with Gasteiger partial charge in [-0.05, 0) is 0 Å². The minimum absolute atomic E-state index is 0.0556. The van der Waals surface area contributed by atoms with Gasteiger partial charge in [0.2, 0.25) is 0 Å². The van der Waals surface area contributed by atoms with Crippen molar-refractivity contribution in [2.24, 2.45) is 0 Å². The van der Waals surface area contributed by atoms with Gasteiger partial charge in [0.05, 0.1) is 19.5 Å². The minimum atomic E-state index is -0.829. The standard InChI is InChI=1S/C8H13NO2.C4H6O2/c1-4-6-9(7-5-2)11-8(3)10;1-2-3-4(5)6/h4-5H,1-2,6-7H2,3H3;2H,1,3H2,(H,5,6). The van der Waals surface area contributed by atoms with Gasteiger partial charge in [-0.15, -0.1) is 24.8 Å². The number of rotatable bonds is 7. The van der Waals surface area contributed by atoms with E-state index in [9.17, 15) is 9.59 Å². The van der Waals surface area contributed by atoms with Gasteiger partial charge in [0.15, 0.2) is 0 Å². The van der Waals surface area contributed by atoms with Crippen LogP contribution in [0.5, 0.6) is 0 Å². The molecule has 0 aromatic carbocycles. The molecule has 0 radical (unpaired) electrons. The SMILES string of the molecule is C=CCC(=O)O.C=CCN(CC=C)OC(C)=O. The highest BCUT2D eigenvalue weighted by molar-refractivity contribution is 5.68. The number of carboxylic acid groups (broad SMARTS) is 1. The lowest BCUT2D eigenvalue weighted by molar-refractivity contribution is -0.182. The summed E-state index contributed by atoms with van der Waals surface area (Å²) in [5.74, 6) is -1.15. The van der Waals surface area contributed by atoms with Crippen LogP contribution < -0.4 is 0 Å². The topological polar surface area (TPSA) is 66.8 Å². The van der Waals surface area contributed by atoms with E-state index in [1.807, 2.05) is 0 Å². The van der Waals surface area contributed by atoms with Crippen molar-refractivity contribution in [2.75, 3.05) is 13.1 Å². The fourth-order valence-corrected chi connectivity index (χ4v) is 0.742. The lowest BCUT2D eigenvalue weighted by Crippen LogP contribution is -2.26. The van der Waals surface area contributed by atoms with Gasteiger partial charge in [-0.25, -0.2) is 0 Å². The summed E-state index contributed by atoms with van der Waals surface area (Å²) in [4.78, 5) is 24.8. The second kappa shape index (κ2) is 12.2. The van der Waals surface area contributed by atoms with Crippen molar-refractivity contribution < 1.29 is 19.5 Å². The predicted octanol–water partition coefficient (Wildman–Crippen LogP) is 1.79. The highest BCUT2D eigenvalue weighted by Crippen LogP contribution is 1.91. The normalized spacial score (nSPS) is 8.59. The molecule has 0 aliphatic carbocycles. The first-order valence-corrected chi connectivity index (χ1v) is 4.95. The summed E-state index contributed by atoms with van der Waals surface area (Å²) in [5.41, 5.74) is 0. The van der Waals surface area contributed by atoms with Crippen LogP contribution in [0.25, 0.3) is 0 Å². The average molecular weight is 241 g/mol. The Labute approximate surface area is 102 Å². The highest BCUT2D eigenvalue weighted by Gasteiger charge is 2.02. The van der Waals surface area contributed by atoms with Crippen LogP contribution in [-0.4, -0.2) is 35.2 Å². The smallest absolute Gasteiger partial charge is 0.322 e. The van der Waals surface area contributed by atoms with Gasteiger partial charge >= 0.3 is 11.9 Å². The Morgan fingerprint density at radius 3 is 1.82 bits per heavy atom. The summed E-state index contributed by atoms with van der Waals surface area (Å²) in [6, 6.07) is 0. The molecule has 0 fully saturated rings. The lowest BCUT2D eigenvalue weighted by Gasteiger charge is -2.15. The van der Waals surface area contributed by atoms with Crippen LogP contribution in [0, 0.1) is 0 Å². The number of hydrogen-bond donors (Lipinski definition) is 1. The Hall–Kier alpha value is -1.88. The van der Waals surface area contributed by atoms with Crippen LogP contribution in [-0.2, 0) is 14.4 Å². The zero-order valence-electron chi connectivity index (χ0n) is 10.1. The molecular formula is C12H19NO4. The first kappa shape index (κ1) is 17.5. The summed E-state index contributed by atoms with van der Waals surface area (Å²) in [7, 11) is 0. The number of aliphatic carboxylic acids is 1.